The Bertz CT molecular complexity index is 399. The number of benzene rings is 1. The average Bonchev–Trinajstić information content (AvgIpc) is 2.77. The number of carbonyl (C=O) groups is 1. The highest BCUT2D eigenvalue weighted by atomic mass is 35.5. The number of hydrogen-bond donors (Lipinski definition) is 0. The van der Waals surface area contributed by atoms with Crippen molar-refractivity contribution in [2.24, 2.45) is 0 Å². The van der Waals surface area contributed by atoms with Crippen LogP contribution >= 0.6 is 35.0 Å². The van der Waals surface area contributed by atoms with E-state index in [1.165, 1.54) is 0 Å². The SMILES string of the molecule is O=C(CCl)N1CCS[C@H]1c1cccc(Cl)c1. The van der Waals surface area contributed by atoms with E-state index in [0.29, 0.717) is 5.02 Å². The second-order valence-electron chi connectivity index (χ2n) is 3.50. The molecule has 1 aliphatic rings. The van der Waals surface area contributed by atoms with Gasteiger partial charge in [0.25, 0.3) is 0 Å². The first-order valence-electron chi connectivity index (χ1n) is 4.95. The second-order valence-corrected chi connectivity index (χ2v) is 5.39. The van der Waals surface area contributed by atoms with E-state index in [1.807, 2.05) is 29.2 Å². The predicted octanol–water partition coefficient (Wildman–Crippen LogP) is 3.15. The Balaban J connectivity index is 2.23. The van der Waals surface area contributed by atoms with Gasteiger partial charge in [-0.3, -0.25) is 4.79 Å². The zero-order valence-electron chi connectivity index (χ0n) is 8.53. The Hall–Kier alpha value is -0.380. The highest BCUT2D eigenvalue weighted by Crippen LogP contribution is 2.38. The lowest BCUT2D eigenvalue weighted by atomic mass is 10.2. The molecule has 0 radical (unpaired) electrons. The number of halogens is 2. The molecule has 0 saturated carbocycles. The summed E-state index contributed by atoms with van der Waals surface area (Å²) in [5, 5.41) is 0.758. The standard InChI is InChI=1S/C11H11Cl2NOS/c12-7-10(15)14-4-5-16-11(14)8-2-1-3-9(13)6-8/h1-3,6,11H,4-5,7H2/t11-/m0/s1. The van der Waals surface area contributed by atoms with Crippen molar-refractivity contribution >= 4 is 40.9 Å². The topological polar surface area (TPSA) is 20.3 Å². The molecule has 1 aromatic rings. The molecule has 2 nitrogen and oxygen atoms in total. The summed E-state index contributed by atoms with van der Waals surface area (Å²) in [5.41, 5.74) is 1.06. The van der Waals surface area contributed by atoms with Crippen LogP contribution in [0.1, 0.15) is 10.9 Å². The zero-order valence-corrected chi connectivity index (χ0v) is 10.9. The molecule has 0 bridgehead atoms. The molecule has 0 aromatic heterocycles. The molecule has 1 amide bonds. The molecular weight excluding hydrogens is 265 g/mol. The number of amides is 1. The highest BCUT2D eigenvalue weighted by Gasteiger charge is 2.29. The van der Waals surface area contributed by atoms with E-state index >= 15 is 0 Å². The number of hydrogen-bond acceptors (Lipinski definition) is 2. The van der Waals surface area contributed by atoms with Crippen molar-refractivity contribution in [3.8, 4) is 0 Å². The van der Waals surface area contributed by atoms with Crippen LogP contribution in [-0.2, 0) is 4.79 Å². The Morgan fingerprint density at radius 1 is 1.56 bits per heavy atom. The summed E-state index contributed by atoms with van der Waals surface area (Å²) in [6.45, 7) is 0.757. The van der Waals surface area contributed by atoms with E-state index in [4.69, 9.17) is 23.2 Å². The van der Waals surface area contributed by atoms with Crippen molar-refractivity contribution in [3.63, 3.8) is 0 Å². The minimum atomic E-state index is -0.0170. The van der Waals surface area contributed by atoms with E-state index in [9.17, 15) is 4.79 Å². The number of nitrogens with zero attached hydrogens (tertiary/aromatic N) is 1. The predicted molar refractivity (Wildman–Crippen MR) is 69.1 cm³/mol. The summed E-state index contributed by atoms with van der Waals surface area (Å²) in [4.78, 5) is 13.4. The number of thioether (sulfide) groups is 1. The number of alkyl halides is 1. The van der Waals surface area contributed by atoms with Crippen LogP contribution in [0.2, 0.25) is 5.02 Å². The summed E-state index contributed by atoms with van der Waals surface area (Å²) in [6, 6.07) is 7.63. The second kappa shape index (κ2) is 5.30. The van der Waals surface area contributed by atoms with E-state index in [0.717, 1.165) is 17.9 Å². The van der Waals surface area contributed by atoms with Gasteiger partial charge in [0.05, 0.1) is 0 Å². The normalized spacial score (nSPS) is 20.1. The molecule has 1 heterocycles. The molecule has 5 heteroatoms. The van der Waals surface area contributed by atoms with Crippen LogP contribution in [0, 0.1) is 0 Å². The Labute approximate surface area is 109 Å². The third-order valence-corrected chi connectivity index (χ3v) is 4.18. The molecule has 16 heavy (non-hydrogen) atoms. The third kappa shape index (κ3) is 2.47. The first-order chi connectivity index (χ1) is 7.72. The fourth-order valence-corrected chi connectivity index (χ4v) is 3.36. The fraction of sp³-hybridized carbons (Fsp3) is 0.364. The van der Waals surface area contributed by atoms with Gasteiger partial charge in [0.15, 0.2) is 0 Å². The minimum absolute atomic E-state index is 0.0170. The van der Waals surface area contributed by atoms with E-state index in [2.05, 4.69) is 0 Å². The lowest BCUT2D eigenvalue weighted by molar-refractivity contribution is -0.128. The maximum absolute atomic E-state index is 11.6. The van der Waals surface area contributed by atoms with Crippen LogP contribution < -0.4 is 0 Å². The third-order valence-electron chi connectivity index (χ3n) is 2.46. The van der Waals surface area contributed by atoms with E-state index in [-0.39, 0.29) is 17.2 Å². The van der Waals surface area contributed by atoms with Crippen LogP contribution in [0.5, 0.6) is 0 Å². The Kier molecular flexibility index (Phi) is 4.00. The van der Waals surface area contributed by atoms with Gasteiger partial charge in [0.1, 0.15) is 11.3 Å². The number of rotatable bonds is 2. The van der Waals surface area contributed by atoms with Gasteiger partial charge >= 0.3 is 0 Å². The average molecular weight is 276 g/mol. The van der Waals surface area contributed by atoms with Crippen LogP contribution in [0.4, 0.5) is 0 Å². The number of carbonyl (C=O) groups excluding carboxylic acids is 1. The van der Waals surface area contributed by atoms with Gasteiger partial charge in [-0.25, -0.2) is 0 Å². The molecule has 2 rings (SSSR count). The smallest absolute Gasteiger partial charge is 0.238 e. The van der Waals surface area contributed by atoms with E-state index < -0.39 is 0 Å². The summed E-state index contributed by atoms with van der Waals surface area (Å²) < 4.78 is 0. The maximum atomic E-state index is 11.6. The van der Waals surface area contributed by atoms with Gasteiger partial charge < -0.3 is 4.90 Å². The molecular formula is C11H11Cl2NOS. The van der Waals surface area contributed by atoms with Crippen LogP contribution in [0.25, 0.3) is 0 Å². The quantitative estimate of drug-likeness (QED) is 0.773. The van der Waals surface area contributed by atoms with Crippen LogP contribution in [0.15, 0.2) is 24.3 Å². The highest BCUT2D eigenvalue weighted by molar-refractivity contribution is 7.99. The van der Waals surface area contributed by atoms with Gasteiger partial charge in [-0.15, -0.1) is 23.4 Å². The Morgan fingerprint density at radius 2 is 2.38 bits per heavy atom. The molecule has 1 fully saturated rings. The largest absolute Gasteiger partial charge is 0.325 e. The van der Waals surface area contributed by atoms with Gasteiger partial charge in [-0.2, -0.15) is 0 Å². The molecule has 1 saturated heterocycles. The van der Waals surface area contributed by atoms with Crippen molar-refractivity contribution < 1.29 is 4.79 Å². The van der Waals surface area contributed by atoms with Gasteiger partial charge in [0.2, 0.25) is 5.91 Å². The lowest BCUT2D eigenvalue weighted by Crippen LogP contribution is -2.31. The lowest BCUT2D eigenvalue weighted by Gasteiger charge is -2.23. The van der Waals surface area contributed by atoms with Crippen molar-refractivity contribution in [3.05, 3.63) is 34.9 Å². The first kappa shape index (κ1) is 12.1. The van der Waals surface area contributed by atoms with Crippen molar-refractivity contribution in [2.45, 2.75) is 5.37 Å². The summed E-state index contributed by atoms with van der Waals surface area (Å²) in [7, 11) is 0. The molecule has 0 spiro atoms. The molecule has 0 N–H and O–H groups in total. The Morgan fingerprint density at radius 3 is 3.06 bits per heavy atom. The first-order valence-corrected chi connectivity index (χ1v) is 6.91. The van der Waals surface area contributed by atoms with Crippen molar-refractivity contribution in [1.29, 1.82) is 0 Å². The van der Waals surface area contributed by atoms with Gasteiger partial charge in [-0.1, -0.05) is 23.7 Å². The molecule has 1 aliphatic heterocycles. The van der Waals surface area contributed by atoms with Crippen molar-refractivity contribution in [1.82, 2.24) is 4.90 Å². The van der Waals surface area contributed by atoms with Crippen molar-refractivity contribution in [2.75, 3.05) is 18.2 Å². The minimum Gasteiger partial charge on any atom is -0.325 e. The van der Waals surface area contributed by atoms with Gasteiger partial charge in [-0.05, 0) is 17.7 Å². The maximum Gasteiger partial charge on any atom is 0.238 e. The summed E-state index contributed by atoms with van der Waals surface area (Å²) >= 11 is 13.3. The molecule has 0 unspecified atom stereocenters. The molecule has 0 aliphatic carbocycles. The monoisotopic (exact) mass is 275 g/mol. The molecule has 1 atom stereocenters. The van der Waals surface area contributed by atoms with Crippen LogP contribution in [-0.4, -0.2) is 29.0 Å². The summed E-state index contributed by atoms with van der Waals surface area (Å²) in [5.74, 6) is 0.967. The molecule has 86 valence electrons. The van der Waals surface area contributed by atoms with E-state index in [1.54, 1.807) is 11.8 Å². The van der Waals surface area contributed by atoms with Gasteiger partial charge in [0, 0.05) is 17.3 Å². The summed E-state index contributed by atoms with van der Waals surface area (Å²) in [6.07, 6.45) is 0. The zero-order chi connectivity index (χ0) is 11.5. The molecule has 1 aromatic carbocycles. The van der Waals surface area contributed by atoms with Crippen LogP contribution in [0.3, 0.4) is 0 Å². The fourth-order valence-electron chi connectivity index (χ4n) is 1.74.